The molecule has 0 aliphatic rings. The molecule has 28 heavy (non-hydrogen) atoms. The summed E-state index contributed by atoms with van der Waals surface area (Å²) >= 11 is 0. The molecule has 0 heterocycles. The van der Waals surface area contributed by atoms with Crippen molar-refractivity contribution in [3.63, 3.8) is 0 Å². The van der Waals surface area contributed by atoms with Crippen LogP contribution >= 0.6 is 0 Å². The molecule has 2 aromatic carbocycles. The van der Waals surface area contributed by atoms with Crippen LogP contribution in [0.2, 0.25) is 0 Å². The summed E-state index contributed by atoms with van der Waals surface area (Å²) in [7, 11) is 1.59. The van der Waals surface area contributed by atoms with E-state index in [1.165, 1.54) is 12.2 Å². The molecule has 0 aliphatic heterocycles. The van der Waals surface area contributed by atoms with Crippen LogP contribution in [-0.4, -0.2) is 28.2 Å². The van der Waals surface area contributed by atoms with Crippen LogP contribution in [0.4, 0.5) is 0 Å². The van der Waals surface area contributed by atoms with Gasteiger partial charge in [-0.3, -0.25) is 4.79 Å². The summed E-state index contributed by atoms with van der Waals surface area (Å²) in [6, 6.07) is 10.8. The number of carbonyl (C=O) groups excluding carboxylic acids is 1. The van der Waals surface area contributed by atoms with Crippen molar-refractivity contribution in [2.75, 3.05) is 7.11 Å². The lowest BCUT2D eigenvalue weighted by molar-refractivity contribution is -0.110. The fourth-order valence-electron chi connectivity index (χ4n) is 2.59. The van der Waals surface area contributed by atoms with Crippen LogP contribution in [0, 0.1) is 6.92 Å². The number of carbonyl (C=O) groups is 1. The summed E-state index contributed by atoms with van der Waals surface area (Å²) in [5, 5.41) is 28.5. The molecule has 0 atom stereocenters. The third-order valence-electron chi connectivity index (χ3n) is 4.18. The predicted molar refractivity (Wildman–Crippen MR) is 110 cm³/mol. The second-order valence-corrected chi connectivity index (χ2v) is 6.21. The molecule has 0 aromatic heterocycles. The van der Waals surface area contributed by atoms with Gasteiger partial charge in [-0.25, -0.2) is 0 Å². The quantitative estimate of drug-likeness (QED) is 0.369. The van der Waals surface area contributed by atoms with Gasteiger partial charge in [0.25, 0.3) is 0 Å². The minimum absolute atomic E-state index is 0.154. The fourth-order valence-corrected chi connectivity index (χ4v) is 2.59. The van der Waals surface area contributed by atoms with Gasteiger partial charge in [0.15, 0.2) is 5.78 Å². The van der Waals surface area contributed by atoms with E-state index in [4.69, 9.17) is 4.74 Å². The third kappa shape index (κ3) is 5.94. The van der Waals surface area contributed by atoms with Crippen LogP contribution in [0.1, 0.15) is 27.8 Å². The van der Waals surface area contributed by atoms with Crippen LogP contribution in [0.25, 0.3) is 12.2 Å². The Morgan fingerprint density at radius 1 is 0.964 bits per heavy atom. The molecular weight excluding hydrogens is 356 g/mol. The maximum absolute atomic E-state index is 12.0. The molecule has 0 radical (unpaired) electrons. The third-order valence-corrected chi connectivity index (χ3v) is 4.18. The topological polar surface area (TPSA) is 87.0 Å². The monoisotopic (exact) mass is 380 g/mol. The van der Waals surface area contributed by atoms with E-state index >= 15 is 0 Å². The van der Waals surface area contributed by atoms with Crippen LogP contribution in [-0.2, 0) is 18.0 Å². The zero-order chi connectivity index (χ0) is 20.5. The summed E-state index contributed by atoms with van der Waals surface area (Å²) in [5.74, 6) is 0.201. The van der Waals surface area contributed by atoms with Crippen molar-refractivity contribution in [2.24, 2.45) is 0 Å². The van der Waals surface area contributed by atoms with Gasteiger partial charge in [0.2, 0.25) is 0 Å². The Bertz CT molecular complexity index is 923. The van der Waals surface area contributed by atoms with Crippen LogP contribution < -0.4 is 4.74 Å². The molecule has 0 saturated heterocycles. The SMILES string of the molecule is COc1cc(/C=C/C(=O)C=C(O)/C=C/c2ccc(CO)c(CO)c2)ccc1C. The Kier molecular flexibility index (Phi) is 7.75. The molecule has 5 nitrogen and oxygen atoms in total. The Balaban J connectivity index is 2.06. The number of hydrogen-bond acceptors (Lipinski definition) is 5. The van der Waals surface area contributed by atoms with E-state index in [2.05, 4.69) is 0 Å². The Labute approximate surface area is 164 Å². The maximum atomic E-state index is 12.0. The van der Waals surface area contributed by atoms with Gasteiger partial charge in [0.1, 0.15) is 11.5 Å². The van der Waals surface area contributed by atoms with Gasteiger partial charge in [0.05, 0.1) is 20.3 Å². The van der Waals surface area contributed by atoms with Crippen molar-refractivity contribution in [3.05, 3.63) is 88.2 Å². The van der Waals surface area contributed by atoms with Crippen LogP contribution in [0.5, 0.6) is 5.75 Å². The number of rotatable bonds is 8. The predicted octanol–water partition coefficient (Wildman–Crippen LogP) is 3.73. The van der Waals surface area contributed by atoms with Gasteiger partial charge in [-0.15, -0.1) is 0 Å². The largest absolute Gasteiger partial charge is 0.508 e. The number of hydrogen-bond donors (Lipinski definition) is 3. The van der Waals surface area contributed by atoms with E-state index in [1.807, 2.05) is 25.1 Å². The van der Waals surface area contributed by atoms with Crippen molar-refractivity contribution in [1.82, 2.24) is 0 Å². The summed E-state index contributed by atoms with van der Waals surface area (Å²) < 4.78 is 5.25. The molecule has 2 rings (SSSR count). The first-order valence-corrected chi connectivity index (χ1v) is 8.75. The Morgan fingerprint density at radius 3 is 2.29 bits per heavy atom. The van der Waals surface area contributed by atoms with Crippen molar-refractivity contribution in [1.29, 1.82) is 0 Å². The molecule has 2 aromatic rings. The number of allylic oxidation sites excluding steroid dienone is 3. The molecule has 0 spiro atoms. The van der Waals surface area contributed by atoms with E-state index in [0.29, 0.717) is 11.1 Å². The lowest BCUT2D eigenvalue weighted by Crippen LogP contribution is -1.94. The molecule has 5 heteroatoms. The summed E-state index contributed by atoms with van der Waals surface area (Å²) in [5.41, 5.74) is 3.81. The first-order chi connectivity index (χ1) is 13.5. The van der Waals surface area contributed by atoms with Gasteiger partial charge >= 0.3 is 0 Å². The van der Waals surface area contributed by atoms with Gasteiger partial charge in [-0.2, -0.15) is 0 Å². The van der Waals surface area contributed by atoms with Gasteiger partial charge < -0.3 is 20.1 Å². The number of aliphatic hydroxyl groups is 3. The normalized spacial score (nSPS) is 12.1. The van der Waals surface area contributed by atoms with Crippen molar-refractivity contribution >= 4 is 17.9 Å². The number of benzene rings is 2. The minimum Gasteiger partial charge on any atom is -0.508 e. The standard InChI is InChI=1S/C23H24O5/c1-16-3-4-18(12-23(16)28-2)7-10-22(27)13-21(26)9-6-17-5-8-19(14-24)20(11-17)15-25/h3-13,24-26H,14-15H2,1-2H3/b9-6+,10-7+,21-13?. The summed E-state index contributed by atoms with van der Waals surface area (Å²) in [6.45, 7) is 1.59. The highest BCUT2D eigenvalue weighted by Crippen LogP contribution is 2.19. The lowest BCUT2D eigenvalue weighted by Gasteiger charge is -2.05. The van der Waals surface area contributed by atoms with E-state index in [0.717, 1.165) is 28.5 Å². The molecular formula is C23H24O5. The summed E-state index contributed by atoms with van der Waals surface area (Å²) in [4.78, 5) is 12.0. The number of ketones is 1. The second-order valence-electron chi connectivity index (χ2n) is 6.21. The van der Waals surface area contributed by atoms with Crippen molar-refractivity contribution < 1.29 is 24.9 Å². The van der Waals surface area contributed by atoms with Gasteiger partial charge in [-0.1, -0.05) is 36.4 Å². The highest BCUT2D eigenvalue weighted by Gasteiger charge is 2.02. The molecule has 0 amide bonds. The van der Waals surface area contributed by atoms with Crippen LogP contribution in [0.15, 0.2) is 60.4 Å². The van der Waals surface area contributed by atoms with Crippen LogP contribution in [0.3, 0.4) is 0 Å². The van der Waals surface area contributed by atoms with Gasteiger partial charge in [0, 0.05) is 6.08 Å². The minimum atomic E-state index is -0.353. The highest BCUT2D eigenvalue weighted by molar-refractivity contribution is 6.02. The van der Waals surface area contributed by atoms with E-state index < -0.39 is 0 Å². The maximum Gasteiger partial charge on any atom is 0.182 e. The molecule has 0 saturated carbocycles. The second kappa shape index (κ2) is 10.3. The number of aryl methyl sites for hydroxylation is 1. The average Bonchev–Trinajstić information content (AvgIpc) is 2.71. The number of methoxy groups -OCH3 is 1. The Hall–Kier alpha value is -3.15. The summed E-state index contributed by atoms with van der Waals surface area (Å²) in [6.07, 6.45) is 7.16. The molecule has 0 fully saturated rings. The molecule has 0 bridgehead atoms. The molecule has 0 unspecified atom stereocenters. The first-order valence-electron chi connectivity index (χ1n) is 8.75. The molecule has 0 aliphatic carbocycles. The number of ether oxygens (including phenoxy) is 1. The van der Waals surface area contributed by atoms with E-state index in [-0.39, 0.29) is 24.8 Å². The smallest absolute Gasteiger partial charge is 0.182 e. The van der Waals surface area contributed by atoms with E-state index in [1.54, 1.807) is 37.5 Å². The lowest BCUT2D eigenvalue weighted by atomic mass is 10.0. The zero-order valence-electron chi connectivity index (χ0n) is 15.9. The average molecular weight is 380 g/mol. The zero-order valence-corrected chi connectivity index (χ0v) is 15.9. The van der Waals surface area contributed by atoms with Gasteiger partial charge in [-0.05, 0) is 59.0 Å². The fraction of sp³-hybridized carbons (Fsp3) is 0.174. The molecule has 3 N–H and O–H groups in total. The van der Waals surface area contributed by atoms with Crippen molar-refractivity contribution in [2.45, 2.75) is 20.1 Å². The molecule has 146 valence electrons. The number of aliphatic hydroxyl groups excluding tert-OH is 3. The Morgan fingerprint density at radius 2 is 1.61 bits per heavy atom. The first kappa shape index (κ1) is 21.2. The van der Waals surface area contributed by atoms with Crippen molar-refractivity contribution in [3.8, 4) is 5.75 Å². The van der Waals surface area contributed by atoms with E-state index in [9.17, 15) is 20.1 Å². The highest BCUT2D eigenvalue weighted by atomic mass is 16.5.